The van der Waals surface area contributed by atoms with Gasteiger partial charge in [0.05, 0.1) is 26.3 Å². The number of halogens is 2. The van der Waals surface area contributed by atoms with Crippen molar-refractivity contribution in [2.24, 2.45) is 0 Å². The van der Waals surface area contributed by atoms with Gasteiger partial charge < -0.3 is 10.1 Å². The van der Waals surface area contributed by atoms with Gasteiger partial charge in [0.15, 0.2) is 10.9 Å². The smallest absolute Gasteiger partial charge is 0.270 e. The summed E-state index contributed by atoms with van der Waals surface area (Å²) in [7, 11) is 0. The van der Waals surface area contributed by atoms with Gasteiger partial charge in [0, 0.05) is 0 Å². The van der Waals surface area contributed by atoms with Crippen LogP contribution >= 0.6 is 47.2 Å². The molecule has 0 atom stereocenters. The van der Waals surface area contributed by atoms with E-state index < -0.39 is 0 Å². The molecule has 3 aromatic rings. The second-order valence-corrected chi connectivity index (χ2v) is 10.3. The number of carbonyl (C=O) groups excluding carboxylic acids is 2. The number of hydrogen-bond donors (Lipinski definition) is 1. The minimum atomic E-state index is -0.367. The van der Waals surface area contributed by atoms with E-state index in [1.54, 1.807) is 41.3 Å². The summed E-state index contributed by atoms with van der Waals surface area (Å²) in [6, 6.07) is 18.0. The Kier molecular flexibility index (Phi) is 7.82. The van der Waals surface area contributed by atoms with E-state index in [4.69, 9.17) is 40.2 Å². The lowest BCUT2D eigenvalue weighted by molar-refractivity contribution is -0.118. The lowest BCUT2D eigenvalue weighted by Gasteiger charge is -2.17. The van der Waals surface area contributed by atoms with Gasteiger partial charge in [-0.1, -0.05) is 83.1 Å². The fourth-order valence-electron chi connectivity index (χ4n) is 3.48. The highest BCUT2D eigenvalue weighted by Crippen LogP contribution is 2.37. The summed E-state index contributed by atoms with van der Waals surface area (Å²) in [6.45, 7) is 3.78. The third-order valence-electron chi connectivity index (χ3n) is 5.16. The summed E-state index contributed by atoms with van der Waals surface area (Å²) in [5.41, 5.74) is 4.14. The standard InChI is InChI=1S/C26H20Cl2N2O3S2/c1-15-6-11-21(16(2)12-15)30-25(32)22(35-26(30)34)13-17-7-9-18(10-8-17)33-14-23(31)29-20-5-3-4-19(27)24(20)28/h3-13H,14H2,1-2H3,(H,29,31)/b22-13-. The number of hydrogen-bond acceptors (Lipinski definition) is 5. The zero-order chi connectivity index (χ0) is 25.1. The van der Waals surface area contributed by atoms with E-state index in [0.717, 1.165) is 22.4 Å². The predicted octanol–water partition coefficient (Wildman–Crippen LogP) is 7.03. The van der Waals surface area contributed by atoms with Crippen LogP contribution in [0.25, 0.3) is 6.08 Å². The number of ether oxygens (including phenoxy) is 1. The molecule has 2 amide bonds. The summed E-state index contributed by atoms with van der Waals surface area (Å²) < 4.78 is 6.06. The summed E-state index contributed by atoms with van der Waals surface area (Å²) in [4.78, 5) is 27.4. The lowest BCUT2D eigenvalue weighted by atomic mass is 10.1. The average Bonchev–Trinajstić information content (AvgIpc) is 3.09. The van der Waals surface area contributed by atoms with Crippen molar-refractivity contribution in [3.05, 3.63) is 92.3 Å². The highest BCUT2D eigenvalue weighted by molar-refractivity contribution is 8.27. The average molecular weight is 543 g/mol. The molecule has 0 spiro atoms. The van der Waals surface area contributed by atoms with Crippen molar-refractivity contribution in [3.63, 3.8) is 0 Å². The minimum absolute atomic E-state index is 0.149. The van der Waals surface area contributed by atoms with Gasteiger partial charge in [-0.15, -0.1) is 0 Å². The number of thiocarbonyl (C=S) groups is 1. The van der Waals surface area contributed by atoms with E-state index in [-0.39, 0.29) is 23.4 Å². The Bertz CT molecular complexity index is 1360. The van der Waals surface area contributed by atoms with Crippen LogP contribution in [-0.2, 0) is 9.59 Å². The quantitative estimate of drug-likeness (QED) is 0.267. The number of thioether (sulfide) groups is 1. The highest BCUT2D eigenvalue weighted by Gasteiger charge is 2.34. The van der Waals surface area contributed by atoms with Crippen molar-refractivity contribution >= 4 is 80.8 Å². The molecule has 0 aromatic heterocycles. The third-order valence-corrected chi connectivity index (χ3v) is 7.28. The number of carbonyl (C=O) groups is 2. The maximum atomic E-state index is 13.1. The van der Waals surface area contributed by atoms with Crippen LogP contribution in [0.2, 0.25) is 10.0 Å². The van der Waals surface area contributed by atoms with Crippen molar-refractivity contribution in [2.45, 2.75) is 13.8 Å². The molecule has 178 valence electrons. The zero-order valence-corrected chi connectivity index (χ0v) is 21.9. The number of anilines is 2. The number of amides is 2. The third kappa shape index (κ3) is 5.87. The highest BCUT2D eigenvalue weighted by atomic mass is 35.5. The first-order valence-electron chi connectivity index (χ1n) is 10.5. The predicted molar refractivity (Wildman–Crippen MR) is 149 cm³/mol. The Morgan fingerprint density at radius 1 is 1.11 bits per heavy atom. The van der Waals surface area contributed by atoms with Gasteiger partial charge in [-0.2, -0.15) is 0 Å². The van der Waals surface area contributed by atoms with Crippen molar-refractivity contribution in [1.82, 2.24) is 0 Å². The molecule has 1 saturated heterocycles. The van der Waals surface area contributed by atoms with E-state index in [0.29, 0.717) is 25.7 Å². The summed E-state index contributed by atoms with van der Waals surface area (Å²) in [5.74, 6) is -0.00531. The largest absolute Gasteiger partial charge is 0.484 e. The second kappa shape index (κ2) is 10.8. The van der Waals surface area contributed by atoms with Crippen molar-refractivity contribution in [3.8, 4) is 5.75 Å². The van der Waals surface area contributed by atoms with Crippen LogP contribution in [0.5, 0.6) is 5.75 Å². The van der Waals surface area contributed by atoms with Crippen molar-refractivity contribution < 1.29 is 14.3 Å². The molecule has 1 N–H and O–H groups in total. The first kappa shape index (κ1) is 25.3. The molecule has 3 aromatic carbocycles. The Balaban J connectivity index is 1.39. The number of nitrogens with one attached hydrogen (secondary N) is 1. The van der Waals surface area contributed by atoms with E-state index >= 15 is 0 Å². The molecule has 1 aliphatic rings. The molecule has 0 bridgehead atoms. The van der Waals surface area contributed by atoms with Crippen LogP contribution < -0.4 is 15.0 Å². The molecule has 35 heavy (non-hydrogen) atoms. The number of rotatable bonds is 6. The number of aryl methyl sites for hydroxylation is 2. The van der Waals surface area contributed by atoms with E-state index in [1.807, 2.05) is 44.2 Å². The topological polar surface area (TPSA) is 58.6 Å². The molecule has 5 nitrogen and oxygen atoms in total. The van der Waals surface area contributed by atoms with E-state index in [1.165, 1.54) is 11.8 Å². The van der Waals surface area contributed by atoms with Crippen LogP contribution in [0.4, 0.5) is 11.4 Å². The summed E-state index contributed by atoms with van der Waals surface area (Å²) in [6.07, 6.45) is 1.79. The zero-order valence-electron chi connectivity index (χ0n) is 18.8. The molecule has 1 fully saturated rings. The van der Waals surface area contributed by atoms with Crippen LogP contribution in [0, 0.1) is 13.8 Å². The van der Waals surface area contributed by atoms with Gasteiger partial charge in [-0.25, -0.2) is 0 Å². The SMILES string of the molecule is Cc1ccc(N2C(=O)/C(=C/c3ccc(OCC(=O)Nc4cccc(Cl)c4Cl)cc3)SC2=S)c(C)c1. The summed E-state index contributed by atoms with van der Waals surface area (Å²) >= 11 is 18.8. The summed E-state index contributed by atoms with van der Waals surface area (Å²) in [5, 5.41) is 3.29. The molecule has 9 heteroatoms. The fraction of sp³-hybridized carbons (Fsp3) is 0.115. The van der Waals surface area contributed by atoms with Crippen molar-refractivity contribution in [2.75, 3.05) is 16.8 Å². The molecule has 1 aliphatic heterocycles. The Labute approximate surface area is 223 Å². The van der Waals surface area contributed by atoms with E-state index in [9.17, 15) is 9.59 Å². The lowest BCUT2D eigenvalue weighted by Crippen LogP contribution is -2.28. The molecule has 0 unspecified atom stereocenters. The van der Waals surface area contributed by atoms with Crippen LogP contribution in [-0.4, -0.2) is 22.7 Å². The maximum absolute atomic E-state index is 13.1. The van der Waals surface area contributed by atoms with Gasteiger partial charge >= 0.3 is 0 Å². The van der Waals surface area contributed by atoms with Gasteiger partial charge in [0.2, 0.25) is 0 Å². The monoisotopic (exact) mass is 542 g/mol. The first-order chi connectivity index (χ1) is 16.7. The Morgan fingerprint density at radius 3 is 2.57 bits per heavy atom. The van der Waals surface area contributed by atoms with Gasteiger partial charge in [0.25, 0.3) is 11.8 Å². The maximum Gasteiger partial charge on any atom is 0.270 e. The number of nitrogens with zero attached hydrogens (tertiary/aromatic N) is 1. The first-order valence-corrected chi connectivity index (χ1v) is 12.5. The molecular weight excluding hydrogens is 523 g/mol. The molecule has 0 aliphatic carbocycles. The molecular formula is C26H20Cl2N2O3S2. The van der Waals surface area contributed by atoms with Crippen LogP contribution in [0.3, 0.4) is 0 Å². The number of benzene rings is 3. The van der Waals surface area contributed by atoms with Gasteiger partial charge in [-0.3, -0.25) is 14.5 Å². The molecule has 1 heterocycles. The normalized spacial score (nSPS) is 14.5. The van der Waals surface area contributed by atoms with Gasteiger partial charge in [0.1, 0.15) is 5.75 Å². The van der Waals surface area contributed by atoms with Crippen LogP contribution in [0.1, 0.15) is 16.7 Å². The van der Waals surface area contributed by atoms with Gasteiger partial charge in [-0.05, 0) is 61.4 Å². The Morgan fingerprint density at radius 2 is 1.86 bits per heavy atom. The van der Waals surface area contributed by atoms with E-state index in [2.05, 4.69) is 5.32 Å². The minimum Gasteiger partial charge on any atom is -0.484 e. The molecule has 0 radical (unpaired) electrons. The van der Waals surface area contributed by atoms with Crippen LogP contribution in [0.15, 0.2) is 65.6 Å². The second-order valence-electron chi connectivity index (χ2n) is 7.81. The fourth-order valence-corrected chi connectivity index (χ4v) is 5.11. The Hall–Kier alpha value is -2.84. The van der Waals surface area contributed by atoms with Crippen molar-refractivity contribution in [1.29, 1.82) is 0 Å². The molecule has 0 saturated carbocycles. The molecule has 4 rings (SSSR count).